The van der Waals surface area contributed by atoms with Crippen molar-refractivity contribution in [3.63, 3.8) is 0 Å². The fraction of sp³-hybridized carbons (Fsp3) is 0.478. The molecule has 61 heavy (non-hydrogen) atoms. The van der Waals surface area contributed by atoms with Gasteiger partial charge in [-0.2, -0.15) is 0 Å². The van der Waals surface area contributed by atoms with Gasteiger partial charge in [0.15, 0.2) is 0 Å². The molecule has 2 saturated heterocycles. The summed E-state index contributed by atoms with van der Waals surface area (Å²) in [5.41, 5.74) is 6.65. The number of ether oxygens (including phenoxy) is 3. The highest BCUT2D eigenvalue weighted by Crippen LogP contribution is 2.52. The summed E-state index contributed by atoms with van der Waals surface area (Å²) in [5.74, 6) is 2.46. The van der Waals surface area contributed by atoms with Crippen molar-refractivity contribution in [3.8, 4) is 28.1 Å². The summed E-state index contributed by atoms with van der Waals surface area (Å²) in [5, 5.41) is 7.47. The highest BCUT2D eigenvalue weighted by Gasteiger charge is 2.52. The first-order chi connectivity index (χ1) is 29.3. The summed E-state index contributed by atoms with van der Waals surface area (Å²) in [7, 11) is 2.60. The number of benzene rings is 3. The number of hydrogen-bond donors (Lipinski definition) is 4. The SMILES string of the molecule is COC(=O)NC(C(=O)N1CC2CCC2C1c1ncc(-c2ccc3c(c2)COc2cc4c(ccc5[nH]c(C6CCC(C)N6C(=O)C(NC(=O)OC)C(C)C)nc54)cc2-3)[nH]1)C(C)C. The third-order valence-electron chi connectivity index (χ3n) is 13.5. The first kappa shape index (κ1) is 40.3. The molecule has 2 aromatic heterocycles. The Morgan fingerprint density at radius 3 is 2.26 bits per heavy atom. The van der Waals surface area contributed by atoms with E-state index in [1.165, 1.54) is 14.2 Å². The van der Waals surface area contributed by atoms with E-state index in [1.54, 1.807) is 0 Å². The standard InChI is InChI=1S/C46H54N8O7/c1-22(2)37(51-45(57)59-6)43(55)53-20-27-10-13-30(27)40(53)42-47-19-34(49-42)26-9-12-29-28(16-26)21-61-36-18-31-25(17-32(29)36)11-14-33-39(31)50-41(48-33)35-15-8-24(5)54(35)44(56)38(23(3)4)52-46(58)60-7/h9,11-12,14,16-19,22-24,27,30,35,37-38,40H,8,10,13,15,20-21H2,1-7H3,(H,47,49)(H,48,50)(H,51,57)(H,52,58). The molecule has 4 aliphatic rings. The molecule has 1 aliphatic carbocycles. The second-order valence-electron chi connectivity index (χ2n) is 17.8. The van der Waals surface area contributed by atoms with Crippen LogP contribution in [-0.2, 0) is 25.7 Å². The minimum atomic E-state index is -0.725. The molecule has 1 saturated carbocycles. The Balaban J connectivity index is 0.975. The number of nitrogens with one attached hydrogen (secondary N) is 4. The maximum absolute atomic E-state index is 14.0. The van der Waals surface area contributed by atoms with E-state index in [1.807, 2.05) is 56.7 Å². The molecule has 4 amide bonds. The third kappa shape index (κ3) is 7.01. The number of H-pyrrole nitrogens is 2. The predicted octanol–water partition coefficient (Wildman–Crippen LogP) is 7.39. The van der Waals surface area contributed by atoms with Crippen LogP contribution >= 0.6 is 0 Å². The molecule has 320 valence electrons. The molecule has 5 heterocycles. The van der Waals surface area contributed by atoms with Gasteiger partial charge in [0.1, 0.15) is 36.1 Å². The van der Waals surface area contributed by atoms with Crippen LogP contribution in [0.2, 0.25) is 0 Å². The van der Waals surface area contributed by atoms with Crippen LogP contribution in [0.1, 0.15) is 89.6 Å². The Morgan fingerprint density at radius 1 is 0.836 bits per heavy atom. The van der Waals surface area contributed by atoms with Crippen LogP contribution < -0.4 is 15.4 Å². The largest absolute Gasteiger partial charge is 0.488 e. The second-order valence-corrected chi connectivity index (χ2v) is 17.8. The molecular weight excluding hydrogens is 777 g/mol. The predicted molar refractivity (Wildman–Crippen MR) is 228 cm³/mol. The van der Waals surface area contributed by atoms with Gasteiger partial charge in [-0.25, -0.2) is 19.6 Å². The van der Waals surface area contributed by atoms with E-state index in [0.717, 1.165) is 87.0 Å². The molecule has 9 rings (SSSR count). The third-order valence-corrected chi connectivity index (χ3v) is 13.5. The van der Waals surface area contributed by atoms with Gasteiger partial charge in [0.05, 0.1) is 49.2 Å². The molecule has 15 heteroatoms. The van der Waals surface area contributed by atoms with Crippen LogP contribution in [-0.4, -0.2) is 92.6 Å². The first-order valence-corrected chi connectivity index (χ1v) is 21.4. The van der Waals surface area contributed by atoms with Gasteiger partial charge in [0, 0.05) is 23.5 Å². The van der Waals surface area contributed by atoms with Crippen molar-refractivity contribution in [1.82, 2.24) is 40.4 Å². The van der Waals surface area contributed by atoms with E-state index in [9.17, 15) is 19.2 Å². The summed E-state index contributed by atoms with van der Waals surface area (Å²) in [4.78, 5) is 73.1. The zero-order chi connectivity index (χ0) is 42.9. The van der Waals surface area contributed by atoms with E-state index in [2.05, 4.69) is 57.0 Å². The number of methoxy groups -OCH3 is 2. The van der Waals surface area contributed by atoms with Gasteiger partial charge in [0.25, 0.3) is 0 Å². The van der Waals surface area contributed by atoms with Gasteiger partial charge in [0.2, 0.25) is 11.8 Å². The molecule has 0 bridgehead atoms. The monoisotopic (exact) mass is 830 g/mol. The van der Waals surface area contributed by atoms with E-state index in [4.69, 9.17) is 24.2 Å². The number of hydrogen-bond acceptors (Lipinski definition) is 9. The fourth-order valence-corrected chi connectivity index (χ4v) is 10.0. The number of fused-ring (bicyclic) bond motifs is 7. The lowest BCUT2D eigenvalue weighted by molar-refractivity contribution is -0.137. The van der Waals surface area contributed by atoms with Crippen LogP contribution in [0.3, 0.4) is 0 Å². The van der Waals surface area contributed by atoms with Crippen molar-refractivity contribution in [2.24, 2.45) is 23.7 Å². The van der Waals surface area contributed by atoms with E-state index >= 15 is 0 Å². The lowest BCUT2D eigenvalue weighted by Crippen LogP contribution is -2.52. The van der Waals surface area contributed by atoms with Crippen molar-refractivity contribution >= 4 is 45.8 Å². The number of imidazole rings is 2. The molecule has 0 radical (unpaired) electrons. The zero-order valence-electron chi connectivity index (χ0n) is 35.7. The Kier molecular flexibility index (Phi) is 10.4. The summed E-state index contributed by atoms with van der Waals surface area (Å²) < 4.78 is 16.1. The number of alkyl carbamates (subject to hydrolysis) is 2. The quantitative estimate of drug-likeness (QED) is 0.118. The van der Waals surface area contributed by atoms with Crippen molar-refractivity contribution in [2.75, 3.05) is 20.8 Å². The lowest BCUT2D eigenvalue weighted by atomic mass is 9.73. The van der Waals surface area contributed by atoms with Gasteiger partial charge >= 0.3 is 12.2 Å². The first-order valence-electron chi connectivity index (χ1n) is 21.4. The average Bonchev–Trinajstić information content (AvgIpc) is 4.04. The Bertz CT molecular complexity index is 2550. The van der Waals surface area contributed by atoms with E-state index < -0.39 is 24.3 Å². The van der Waals surface area contributed by atoms with Crippen LogP contribution in [0.5, 0.6) is 5.75 Å². The molecule has 3 aromatic carbocycles. The van der Waals surface area contributed by atoms with Gasteiger partial charge < -0.3 is 44.6 Å². The van der Waals surface area contributed by atoms with Crippen molar-refractivity contribution in [3.05, 3.63) is 65.9 Å². The normalized spacial score (nSPS) is 22.6. The van der Waals surface area contributed by atoms with Gasteiger partial charge in [-0.05, 0) is 103 Å². The topological polar surface area (TPSA) is 184 Å². The summed E-state index contributed by atoms with van der Waals surface area (Å²) in [6.45, 7) is 10.7. The summed E-state index contributed by atoms with van der Waals surface area (Å²) in [6.07, 6.45) is 4.26. The number of likely N-dealkylation sites (tertiary alicyclic amines) is 2. The lowest BCUT2D eigenvalue weighted by Gasteiger charge is -2.33. The second kappa shape index (κ2) is 15.7. The maximum atomic E-state index is 14.0. The van der Waals surface area contributed by atoms with Crippen LogP contribution in [0, 0.1) is 23.7 Å². The van der Waals surface area contributed by atoms with Gasteiger partial charge in [-0.3, -0.25) is 9.59 Å². The Morgan fingerprint density at radius 2 is 1.57 bits per heavy atom. The number of amides is 4. The van der Waals surface area contributed by atoms with E-state index in [-0.39, 0.29) is 41.8 Å². The summed E-state index contributed by atoms with van der Waals surface area (Å²) >= 11 is 0. The smallest absolute Gasteiger partial charge is 0.407 e. The zero-order valence-corrected chi connectivity index (χ0v) is 35.7. The van der Waals surface area contributed by atoms with Crippen molar-refractivity contribution in [1.29, 1.82) is 0 Å². The minimum Gasteiger partial charge on any atom is -0.488 e. The molecule has 7 unspecified atom stereocenters. The van der Waals surface area contributed by atoms with Crippen LogP contribution in [0.15, 0.2) is 48.7 Å². The molecule has 15 nitrogen and oxygen atoms in total. The maximum Gasteiger partial charge on any atom is 0.407 e. The molecule has 3 aliphatic heterocycles. The van der Waals surface area contributed by atoms with Crippen LogP contribution in [0.4, 0.5) is 9.59 Å². The average molecular weight is 831 g/mol. The van der Waals surface area contributed by atoms with E-state index in [0.29, 0.717) is 30.8 Å². The minimum absolute atomic E-state index is 0.0243. The van der Waals surface area contributed by atoms with Crippen molar-refractivity contribution in [2.45, 2.75) is 97.1 Å². The van der Waals surface area contributed by atoms with Crippen LogP contribution in [0.25, 0.3) is 44.2 Å². The number of aromatic nitrogens is 4. The van der Waals surface area contributed by atoms with Crippen molar-refractivity contribution < 1.29 is 33.4 Å². The summed E-state index contributed by atoms with van der Waals surface area (Å²) in [6, 6.07) is 12.8. The Hall–Kier alpha value is -6.12. The number of carbonyl (C=O) groups excluding carboxylic acids is 4. The molecule has 0 spiro atoms. The molecule has 7 atom stereocenters. The fourth-order valence-electron chi connectivity index (χ4n) is 10.0. The highest BCUT2D eigenvalue weighted by atomic mass is 16.5. The van der Waals surface area contributed by atoms with Gasteiger partial charge in [-0.15, -0.1) is 0 Å². The molecule has 5 aromatic rings. The van der Waals surface area contributed by atoms with Gasteiger partial charge in [-0.1, -0.05) is 45.9 Å². The number of aromatic amines is 2. The highest BCUT2D eigenvalue weighted by molar-refractivity contribution is 6.07. The number of nitrogens with zero attached hydrogens (tertiary/aromatic N) is 4. The molecule has 4 N–H and O–H groups in total. The number of carbonyl (C=O) groups is 4. The number of rotatable bonds is 9. The molecular formula is C46H54N8O7. The molecule has 3 fully saturated rings. The Labute approximate surface area is 354 Å².